The first-order valence-corrected chi connectivity index (χ1v) is 8.23. The van der Waals surface area contributed by atoms with Crippen molar-refractivity contribution in [1.82, 2.24) is 15.5 Å². The number of aromatic nitrogens is 2. The molecule has 0 aromatic carbocycles. The van der Waals surface area contributed by atoms with Crippen molar-refractivity contribution in [2.24, 2.45) is 0 Å². The highest BCUT2D eigenvalue weighted by Crippen LogP contribution is 2.27. The monoisotopic (exact) mass is 287 g/mol. The van der Waals surface area contributed by atoms with Gasteiger partial charge in [0.25, 0.3) is 0 Å². The fourth-order valence-corrected chi connectivity index (χ4v) is 3.70. The minimum atomic E-state index is -0.112. The molecule has 4 nitrogen and oxygen atoms in total. The molecule has 1 heterocycles. The molecule has 0 amide bonds. The van der Waals surface area contributed by atoms with Gasteiger partial charge in [-0.15, -0.1) is 10.2 Å². The third kappa shape index (κ3) is 4.50. The summed E-state index contributed by atoms with van der Waals surface area (Å²) >= 11 is 3.41. The van der Waals surface area contributed by atoms with Gasteiger partial charge in [-0.1, -0.05) is 23.1 Å². The molecule has 0 spiro atoms. The minimum Gasteiger partial charge on any atom is -0.394 e. The van der Waals surface area contributed by atoms with Crippen LogP contribution in [0, 0.1) is 6.92 Å². The van der Waals surface area contributed by atoms with Crippen LogP contribution in [0.2, 0.25) is 0 Å². The highest BCUT2D eigenvalue weighted by molar-refractivity contribution is 8.01. The summed E-state index contributed by atoms with van der Waals surface area (Å²) < 4.78 is 1.05. The summed E-state index contributed by atoms with van der Waals surface area (Å²) in [6, 6.07) is 0.639. The Morgan fingerprint density at radius 2 is 2.28 bits per heavy atom. The van der Waals surface area contributed by atoms with Gasteiger partial charge in [0.15, 0.2) is 4.34 Å². The molecule has 1 aromatic rings. The van der Waals surface area contributed by atoms with Crippen molar-refractivity contribution in [1.29, 1.82) is 0 Å². The van der Waals surface area contributed by atoms with Gasteiger partial charge in [-0.25, -0.2) is 0 Å². The van der Waals surface area contributed by atoms with Gasteiger partial charge in [-0.3, -0.25) is 0 Å². The predicted molar refractivity (Wildman–Crippen MR) is 76.3 cm³/mol. The Bertz CT molecular complexity index is 381. The maximum Gasteiger partial charge on any atom is 0.174 e. The van der Waals surface area contributed by atoms with E-state index < -0.39 is 0 Å². The Kier molecular flexibility index (Phi) is 5.00. The number of rotatable bonds is 8. The van der Waals surface area contributed by atoms with Crippen molar-refractivity contribution >= 4 is 23.1 Å². The highest BCUT2D eigenvalue weighted by Gasteiger charge is 2.31. The molecule has 1 fully saturated rings. The van der Waals surface area contributed by atoms with E-state index in [-0.39, 0.29) is 12.1 Å². The molecule has 0 saturated heterocycles. The standard InChI is InChI=1S/C12H21N3OS2/c1-9-14-15-11(18-9)17-7-3-6-12(2,8-16)13-10-4-5-10/h10,13,16H,3-8H2,1-2H3. The molecule has 0 bridgehead atoms. The van der Waals surface area contributed by atoms with E-state index >= 15 is 0 Å². The largest absolute Gasteiger partial charge is 0.394 e. The van der Waals surface area contributed by atoms with Crippen LogP contribution in [0.3, 0.4) is 0 Å². The van der Waals surface area contributed by atoms with Crippen LogP contribution in [0.5, 0.6) is 0 Å². The zero-order valence-corrected chi connectivity index (χ0v) is 12.6. The van der Waals surface area contributed by atoms with Crippen LogP contribution < -0.4 is 5.32 Å². The molecular weight excluding hydrogens is 266 g/mol. The van der Waals surface area contributed by atoms with Crippen molar-refractivity contribution in [3.8, 4) is 0 Å². The number of aliphatic hydroxyl groups is 1. The van der Waals surface area contributed by atoms with Crippen molar-refractivity contribution in [2.75, 3.05) is 12.4 Å². The van der Waals surface area contributed by atoms with Crippen LogP contribution in [0.25, 0.3) is 0 Å². The second-order valence-electron chi connectivity index (χ2n) is 5.18. The highest BCUT2D eigenvalue weighted by atomic mass is 32.2. The first-order valence-electron chi connectivity index (χ1n) is 6.43. The van der Waals surface area contributed by atoms with Gasteiger partial charge in [-0.2, -0.15) is 0 Å². The van der Waals surface area contributed by atoms with Gasteiger partial charge in [-0.05, 0) is 39.5 Å². The summed E-state index contributed by atoms with van der Waals surface area (Å²) in [7, 11) is 0. The molecule has 1 aliphatic rings. The van der Waals surface area contributed by atoms with Crippen LogP contribution in [0.4, 0.5) is 0 Å². The van der Waals surface area contributed by atoms with E-state index in [0.29, 0.717) is 6.04 Å². The smallest absolute Gasteiger partial charge is 0.174 e. The van der Waals surface area contributed by atoms with E-state index in [2.05, 4.69) is 22.4 Å². The molecular formula is C12H21N3OS2. The maximum absolute atomic E-state index is 9.49. The maximum atomic E-state index is 9.49. The fraction of sp³-hybridized carbons (Fsp3) is 0.833. The zero-order valence-electron chi connectivity index (χ0n) is 11.0. The van der Waals surface area contributed by atoms with E-state index in [1.54, 1.807) is 23.1 Å². The quantitative estimate of drug-likeness (QED) is 0.567. The molecule has 1 unspecified atom stereocenters. The van der Waals surface area contributed by atoms with Crippen LogP contribution in [0.15, 0.2) is 4.34 Å². The summed E-state index contributed by atoms with van der Waals surface area (Å²) in [5.74, 6) is 1.04. The number of hydrogen-bond acceptors (Lipinski definition) is 6. The molecule has 6 heteroatoms. The van der Waals surface area contributed by atoms with E-state index in [0.717, 1.165) is 27.9 Å². The Morgan fingerprint density at radius 1 is 1.50 bits per heavy atom. The number of aryl methyl sites for hydroxylation is 1. The molecule has 2 N–H and O–H groups in total. The number of thioether (sulfide) groups is 1. The molecule has 102 valence electrons. The van der Waals surface area contributed by atoms with Crippen molar-refractivity contribution < 1.29 is 5.11 Å². The Balaban J connectivity index is 1.66. The van der Waals surface area contributed by atoms with Crippen molar-refractivity contribution in [3.63, 3.8) is 0 Å². The summed E-state index contributed by atoms with van der Waals surface area (Å²) in [6.45, 7) is 4.31. The van der Waals surface area contributed by atoms with Crippen LogP contribution >= 0.6 is 23.1 Å². The lowest BCUT2D eigenvalue weighted by Gasteiger charge is -2.29. The number of hydrogen-bond donors (Lipinski definition) is 2. The third-order valence-electron chi connectivity index (χ3n) is 3.08. The van der Waals surface area contributed by atoms with Crippen molar-refractivity contribution in [2.45, 2.75) is 55.5 Å². The van der Waals surface area contributed by atoms with Crippen molar-refractivity contribution in [3.05, 3.63) is 5.01 Å². The lowest BCUT2D eigenvalue weighted by Crippen LogP contribution is -2.46. The summed E-state index contributed by atoms with van der Waals surface area (Å²) in [5, 5.41) is 22.1. The van der Waals surface area contributed by atoms with Gasteiger partial charge >= 0.3 is 0 Å². The normalized spacial score (nSPS) is 18.8. The molecule has 1 atom stereocenters. The van der Waals surface area contributed by atoms with Gasteiger partial charge in [0, 0.05) is 17.3 Å². The number of nitrogens with zero attached hydrogens (tertiary/aromatic N) is 2. The average Bonchev–Trinajstić information content (AvgIpc) is 3.06. The van der Waals surface area contributed by atoms with E-state index in [1.165, 1.54) is 12.8 Å². The Morgan fingerprint density at radius 3 is 2.83 bits per heavy atom. The van der Waals surface area contributed by atoms with E-state index in [4.69, 9.17) is 0 Å². The van der Waals surface area contributed by atoms with Gasteiger partial charge in [0.2, 0.25) is 0 Å². The van der Waals surface area contributed by atoms with E-state index in [9.17, 15) is 5.11 Å². The van der Waals surface area contributed by atoms with Gasteiger partial charge < -0.3 is 10.4 Å². The van der Waals surface area contributed by atoms with Crippen LogP contribution in [-0.2, 0) is 0 Å². The topological polar surface area (TPSA) is 58.0 Å². The van der Waals surface area contributed by atoms with Crippen LogP contribution in [0.1, 0.15) is 37.6 Å². The van der Waals surface area contributed by atoms with E-state index in [1.807, 2.05) is 6.92 Å². The molecule has 1 saturated carbocycles. The number of aliphatic hydroxyl groups excluding tert-OH is 1. The lowest BCUT2D eigenvalue weighted by atomic mass is 9.97. The second kappa shape index (κ2) is 6.32. The molecule has 1 aliphatic carbocycles. The van der Waals surface area contributed by atoms with Gasteiger partial charge in [0.1, 0.15) is 5.01 Å². The van der Waals surface area contributed by atoms with Gasteiger partial charge in [0.05, 0.1) is 6.61 Å². The second-order valence-corrected chi connectivity index (χ2v) is 7.70. The number of nitrogens with one attached hydrogen (secondary N) is 1. The molecule has 1 aromatic heterocycles. The Labute approximate surface area is 117 Å². The van der Waals surface area contributed by atoms with Crippen LogP contribution in [-0.4, -0.2) is 39.2 Å². The fourth-order valence-electron chi connectivity index (χ4n) is 1.88. The summed E-state index contributed by atoms with van der Waals surface area (Å²) in [4.78, 5) is 0. The summed E-state index contributed by atoms with van der Waals surface area (Å²) in [5.41, 5.74) is -0.112. The molecule has 0 aliphatic heterocycles. The molecule has 2 rings (SSSR count). The third-order valence-corrected chi connectivity index (χ3v) is 5.14. The first-order chi connectivity index (χ1) is 8.61. The zero-order chi connectivity index (χ0) is 13.0. The summed E-state index contributed by atoms with van der Waals surface area (Å²) in [6.07, 6.45) is 4.60. The SMILES string of the molecule is Cc1nnc(SCCCC(C)(CO)NC2CC2)s1. The average molecular weight is 287 g/mol. The Hall–Kier alpha value is -0.170. The molecule has 18 heavy (non-hydrogen) atoms. The minimum absolute atomic E-state index is 0.112. The first kappa shape index (κ1) is 14.2. The molecule has 0 radical (unpaired) electrons. The lowest BCUT2D eigenvalue weighted by molar-refractivity contribution is 0.163. The predicted octanol–water partition coefficient (Wildman–Crippen LogP) is 2.22.